The van der Waals surface area contributed by atoms with Crippen molar-refractivity contribution >= 4 is 23.7 Å². The molecular formula is C13H23N3O4S. The van der Waals surface area contributed by atoms with E-state index in [1.54, 1.807) is 0 Å². The summed E-state index contributed by atoms with van der Waals surface area (Å²) < 4.78 is 0. The van der Waals surface area contributed by atoms with Crippen LogP contribution in [0.2, 0.25) is 0 Å². The molecule has 1 unspecified atom stereocenters. The summed E-state index contributed by atoms with van der Waals surface area (Å²) in [5.41, 5.74) is 0. The molecule has 0 radical (unpaired) electrons. The summed E-state index contributed by atoms with van der Waals surface area (Å²) in [7, 11) is 0. The molecule has 3 atom stereocenters. The van der Waals surface area contributed by atoms with Crippen LogP contribution in [0.15, 0.2) is 0 Å². The highest BCUT2D eigenvalue weighted by molar-refractivity contribution is 8.00. The average molecular weight is 317 g/mol. The van der Waals surface area contributed by atoms with Crippen LogP contribution in [-0.2, 0) is 4.79 Å². The van der Waals surface area contributed by atoms with Crippen LogP contribution in [0.3, 0.4) is 0 Å². The number of thioether (sulfide) groups is 1. The normalized spacial score (nSPS) is 27.4. The number of carbonyl (C=O) groups is 2. The molecule has 2 saturated heterocycles. The van der Waals surface area contributed by atoms with Crippen LogP contribution in [0.25, 0.3) is 0 Å². The molecule has 0 aromatic heterocycles. The van der Waals surface area contributed by atoms with Crippen molar-refractivity contribution in [2.45, 2.75) is 49.1 Å². The molecule has 2 heterocycles. The van der Waals surface area contributed by atoms with Crippen molar-refractivity contribution in [2.24, 2.45) is 0 Å². The van der Waals surface area contributed by atoms with Gasteiger partial charge in [0.05, 0.1) is 31.3 Å². The number of aliphatic hydroxyl groups excluding tert-OH is 2. The first-order chi connectivity index (χ1) is 10.1. The predicted molar refractivity (Wildman–Crippen MR) is 80.1 cm³/mol. The molecule has 2 aliphatic heterocycles. The second kappa shape index (κ2) is 7.86. The van der Waals surface area contributed by atoms with Gasteiger partial charge in [0.25, 0.3) is 0 Å². The van der Waals surface area contributed by atoms with Gasteiger partial charge in [-0.2, -0.15) is 11.8 Å². The number of urea groups is 1. The highest BCUT2D eigenvalue weighted by atomic mass is 32.2. The van der Waals surface area contributed by atoms with Gasteiger partial charge >= 0.3 is 6.03 Å². The molecule has 2 aliphatic rings. The number of hydrogen-bond donors (Lipinski definition) is 5. The Morgan fingerprint density at radius 2 is 2.10 bits per heavy atom. The largest absolute Gasteiger partial charge is 0.394 e. The molecule has 7 nitrogen and oxygen atoms in total. The van der Waals surface area contributed by atoms with E-state index in [9.17, 15) is 9.59 Å². The Kier molecular flexibility index (Phi) is 6.13. The average Bonchev–Trinajstić information content (AvgIpc) is 3.00. The van der Waals surface area contributed by atoms with Crippen molar-refractivity contribution in [3.63, 3.8) is 0 Å². The fourth-order valence-corrected chi connectivity index (χ4v) is 4.27. The summed E-state index contributed by atoms with van der Waals surface area (Å²) in [6, 6.07) is -0.188. The highest BCUT2D eigenvalue weighted by Crippen LogP contribution is 2.33. The van der Waals surface area contributed by atoms with E-state index < -0.39 is 6.04 Å². The molecule has 5 N–H and O–H groups in total. The zero-order chi connectivity index (χ0) is 15.2. The second-order valence-corrected chi connectivity index (χ2v) is 6.77. The van der Waals surface area contributed by atoms with Gasteiger partial charge in [-0.1, -0.05) is 6.42 Å². The summed E-state index contributed by atoms with van der Waals surface area (Å²) in [6.07, 6.45) is 3.06. The third-order valence-electron chi connectivity index (χ3n) is 3.89. The summed E-state index contributed by atoms with van der Waals surface area (Å²) in [4.78, 5) is 22.8. The molecule has 2 rings (SSSR count). The van der Waals surface area contributed by atoms with Crippen LogP contribution in [0.4, 0.5) is 4.79 Å². The Hall–Kier alpha value is -0.990. The standard InChI is InChI=1S/C13H23N3O4S/c17-5-8(6-18)14-11(19)4-2-1-3-10-12-9(7-21-10)15-13(20)16-12/h8-10,12,17-18H,1-7H2,(H,14,19)(H2,15,16,20)/t9?,10-,12-/m0/s1. The molecule has 120 valence electrons. The molecule has 8 heteroatoms. The van der Waals surface area contributed by atoms with Gasteiger partial charge in [0, 0.05) is 17.4 Å². The summed E-state index contributed by atoms with van der Waals surface area (Å²) in [6.45, 7) is -0.507. The Morgan fingerprint density at radius 3 is 2.81 bits per heavy atom. The number of fused-ring (bicyclic) bond motifs is 1. The van der Waals surface area contributed by atoms with Crippen molar-refractivity contribution in [3.05, 3.63) is 0 Å². The maximum absolute atomic E-state index is 11.6. The lowest BCUT2D eigenvalue weighted by atomic mass is 10.0. The van der Waals surface area contributed by atoms with Crippen molar-refractivity contribution in [1.29, 1.82) is 0 Å². The predicted octanol–water partition coefficient (Wildman–Crippen LogP) is -0.818. The van der Waals surface area contributed by atoms with E-state index in [0.29, 0.717) is 11.7 Å². The second-order valence-electron chi connectivity index (χ2n) is 5.50. The lowest BCUT2D eigenvalue weighted by Gasteiger charge is -2.16. The summed E-state index contributed by atoms with van der Waals surface area (Å²) in [5, 5.41) is 26.6. The zero-order valence-electron chi connectivity index (χ0n) is 11.9. The first kappa shape index (κ1) is 16.4. The molecule has 2 fully saturated rings. The third-order valence-corrected chi connectivity index (χ3v) is 5.40. The Balaban J connectivity index is 1.60. The quantitative estimate of drug-likeness (QED) is 0.297. The molecule has 0 bridgehead atoms. The third kappa shape index (κ3) is 4.49. The van der Waals surface area contributed by atoms with Gasteiger partial charge in [-0.25, -0.2) is 4.79 Å². The first-order valence-electron chi connectivity index (χ1n) is 7.33. The van der Waals surface area contributed by atoms with Crippen molar-refractivity contribution < 1.29 is 19.8 Å². The minimum Gasteiger partial charge on any atom is -0.394 e. The van der Waals surface area contributed by atoms with Crippen LogP contribution in [0.1, 0.15) is 25.7 Å². The van der Waals surface area contributed by atoms with Gasteiger partial charge in [-0.15, -0.1) is 0 Å². The van der Waals surface area contributed by atoms with Crippen LogP contribution < -0.4 is 16.0 Å². The van der Waals surface area contributed by atoms with Crippen LogP contribution in [0.5, 0.6) is 0 Å². The Labute approximate surface area is 128 Å². The van der Waals surface area contributed by atoms with Gasteiger partial charge in [-0.05, 0) is 12.8 Å². The number of rotatable bonds is 8. The minimum absolute atomic E-state index is 0.0753. The molecule has 21 heavy (non-hydrogen) atoms. The number of unbranched alkanes of at least 4 members (excludes halogenated alkanes) is 1. The molecule has 0 spiro atoms. The molecule has 0 aromatic rings. The maximum atomic E-state index is 11.6. The molecular weight excluding hydrogens is 294 g/mol. The van der Waals surface area contributed by atoms with Gasteiger partial charge < -0.3 is 26.2 Å². The van der Waals surface area contributed by atoms with Gasteiger partial charge in [0.1, 0.15) is 0 Å². The van der Waals surface area contributed by atoms with E-state index in [0.717, 1.165) is 25.0 Å². The van der Waals surface area contributed by atoms with Gasteiger partial charge in [0.15, 0.2) is 0 Å². The molecule has 3 amide bonds. The lowest BCUT2D eigenvalue weighted by Crippen LogP contribution is -2.40. The van der Waals surface area contributed by atoms with Crippen LogP contribution in [0, 0.1) is 0 Å². The fourth-order valence-electron chi connectivity index (χ4n) is 2.72. The van der Waals surface area contributed by atoms with Gasteiger partial charge in [-0.3, -0.25) is 4.79 Å². The number of amides is 3. The lowest BCUT2D eigenvalue weighted by molar-refractivity contribution is -0.122. The van der Waals surface area contributed by atoms with E-state index in [1.807, 2.05) is 11.8 Å². The fraction of sp³-hybridized carbons (Fsp3) is 0.846. The first-order valence-corrected chi connectivity index (χ1v) is 8.38. The number of carbonyl (C=O) groups excluding carboxylic acids is 2. The van der Waals surface area contributed by atoms with Crippen molar-refractivity contribution in [2.75, 3.05) is 19.0 Å². The monoisotopic (exact) mass is 317 g/mol. The zero-order valence-corrected chi connectivity index (χ0v) is 12.7. The topological polar surface area (TPSA) is 111 Å². The number of aliphatic hydroxyl groups is 2. The summed E-state index contributed by atoms with van der Waals surface area (Å²) in [5.74, 6) is 0.805. The van der Waals surface area contributed by atoms with E-state index in [-0.39, 0.29) is 37.2 Å². The summed E-state index contributed by atoms with van der Waals surface area (Å²) >= 11 is 1.87. The minimum atomic E-state index is -0.566. The Morgan fingerprint density at radius 1 is 1.33 bits per heavy atom. The molecule has 0 aromatic carbocycles. The van der Waals surface area contributed by atoms with E-state index in [1.165, 1.54) is 0 Å². The highest BCUT2D eigenvalue weighted by Gasteiger charge is 2.42. The molecule has 0 aliphatic carbocycles. The van der Waals surface area contributed by atoms with E-state index in [2.05, 4.69) is 16.0 Å². The van der Waals surface area contributed by atoms with Crippen LogP contribution in [-0.4, -0.2) is 64.5 Å². The van der Waals surface area contributed by atoms with Crippen molar-refractivity contribution in [3.8, 4) is 0 Å². The number of hydrogen-bond acceptors (Lipinski definition) is 5. The van der Waals surface area contributed by atoms with Crippen LogP contribution >= 0.6 is 11.8 Å². The van der Waals surface area contributed by atoms with Crippen molar-refractivity contribution in [1.82, 2.24) is 16.0 Å². The SMILES string of the molecule is O=C(CCCC[C@@H]1SCC2NC(=O)N[C@@H]21)NC(CO)CO. The molecule has 0 saturated carbocycles. The van der Waals surface area contributed by atoms with E-state index >= 15 is 0 Å². The smallest absolute Gasteiger partial charge is 0.315 e. The Bertz CT molecular complexity index is 378. The van der Waals surface area contributed by atoms with Gasteiger partial charge in [0.2, 0.25) is 5.91 Å². The maximum Gasteiger partial charge on any atom is 0.315 e. The van der Waals surface area contributed by atoms with E-state index in [4.69, 9.17) is 10.2 Å². The number of nitrogens with one attached hydrogen (secondary N) is 3.